The van der Waals surface area contributed by atoms with Gasteiger partial charge in [0.1, 0.15) is 0 Å². The minimum Gasteiger partial charge on any atom is -0.388 e. The number of ether oxygens (including phenoxy) is 1. The second kappa shape index (κ2) is 6.91. The van der Waals surface area contributed by atoms with Crippen LogP contribution in [0.2, 0.25) is 0 Å². The van der Waals surface area contributed by atoms with Crippen LogP contribution in [0.1, 0.15) is 17.3 Å². The summed E-state index contributed by atoms with van der Waals surface area (Å²) in [6.07, 6.45) is 0. The van der Waals surface area contributed by atoms with E-state index in [2.05, 4.69) is 10.6 Å². The van der Waals surface area contributed by atoms with E-state index in [0.717, 1.165) is 5.69 Å². The molecule has 0 aliphatic carbocycles. The minimum absolute atomic E-state index is 0.0457. The smallest absolute Gasteiger partial charge is 0.251 e. The molecule has 0 heterocycles. The van der Waals surface area contributed by atoms with Crippen LogP contribution in [-0.4, -0.2) is 33.2 Å². The van der Waals surface area contributed by atoms with Crippen molar-refractivity contribution in [1.29, 1.82) is 0 Å². The van der Waals surface area contributed by atoms with E-state index in [9.17, 15) is 4.79 Å². The molecule has 17 heavy (non-hydrogen) atoms. The number of benzene rings is 1. The monoisotopic (exact) mass is 236 g/mol. The summed E-state index contributed by atoms with van der Waals surface area (Å²) in [6.45, 7) is 3.31. The van der Waals surface area contributed by atoms with Gasteiger partial charge in [-0.25, -0.2) is 0 Å². The highest BCUT2D eigenvalue weighted by Crippen LogP contribution is 2.08. The van der Waals surface area contributed by atoms with Crippen LogP contribution in [0.5, 0.6) is 0 Å². The van der Waals surface area contributed by atoms with Crippen molar-refractivity contribution in [2.24, 2.45) is 5.92 Å². The molecule has 0 saturated heterocycles. The van der Waals surface area contributed by atoms with Gasteiger partial charge in [0.15, 0.2) is 0 Å². The fourth-order valence-electron chi connectivity index (χ4n) is 1.50. The van der Waals surface area contributed by atoms with Gasteiger partial charge >= 0.3 is 0 Å². The molecular weight excluding hydrogens is 216 g/mol. The van der Waals surface area contributed by atoms with Crippen LogP contribution in [0.15, 0.2) is 24.3 Å². The first-order chi connectivity index (χ1) is 8.17. The Morgan fingerprint density at radius 1 is 1.35 bits per heavy atom. The molecule has 0 fully saturated rings. The summed E-state index contributed by atoms with van der Waals surface area (Å²) < 4.78 is 5.01. The third-order valence-corrected chi connectivity index (χ3v) is 2.50. The maximum Gasteiger partial charge on any atom is 0.251 e. The molecule has 4 nitrogen and oxygen atoms in total. The van der Waals surface area contributed by atoms with Gasteiger partial charge < -0.3 is 15.4 Å². The first-order valence-electron chi connectivity index (χ1n) is 5.72. The molecule has 2 N–H and O–H groups in total. The lowest BCUT2D eigenvalue weighted by Gasteiger charge is -2.11. The van der Waals surface area contributed by atoms with Gasteiger partial charge in [0.2, 0.25) is 0 Å². The Bertz CT molecular complexity index is 349. The first kappa shape index (κ1) is 13.5. The quantitative estimate of drug-likeness (QED) is 0.791. The molecular formula is C13H20N2O2. The fourth-order valence-corrected chi connectivity index (χ4v) is 1.50. The molecule has 1 rings (SSSR count). The Labute approximate surface area is 102 Å². The fraction of sp³-hybridized carbons (Fsp3) is 0.462. The van der Waals surface area contributed by atoms with E-state index >= 15 is 0 Å². The maximum absolute atomic E-state index is 11.8. The average molecular weight is 236 g/mol. The molecule has 1 aromatic rings. The molecule has 0 saturated carbocycles. The van der Waals surface area contributed by atoms with E-state index in [-0.39, 0.29) is 5.91 Å². The number of hydrogen-bond donors (Lipinski definition) is 2. The Hall–Kier alpha value is -1.55. The van der Waals surface area contributed by atoms with Crippen molar-refractivity contribution in [3.05, 3.63) is 29.8 Å². The third-order valence-electron chi connectivity index (χ3n) is 2.50. The van der Waals surface area contributed by atoms with Gasteiger partial charge in [-0.15, -0.1) is 0 Å². The van der Waals surface area contributed by atoms with Crippen molar-refractivity contribution in [1.82, 2.24) is 5.32 Å². The van der Waals surface area contributed by atoms with Crippen LogP contribution < -0.4 is 10.6 Å². The zero-order valence-corrected chi connectivity index (χ0v) is 10.6. The molecule has 0 bridgehead atoms. The van der Waals surface area contributed by atoms with Crippen molar-refractivity contribution in [2.45, 2.75) is 6.92 Å². The number of amides is 1. The van der Waals surface area contributed by atoms with Crippen LogP contribution in [0.25, 0.3) is 0 Å². The van der Waals surface area contributed by atoms with Gasteiger partial charge in [-0.05, 0) is 30.2 Å². The van der Waals surface area contributed by atoms with Gasteiger partial charge in [-0.2, -0.15) is 0 Å². The van der Waals surface area contributed by atoms with E-state index in [4.69, 9.17) is 4.74 Å². The van der Waals surface area contributed by atoms with E-state index in [1.807, 2.05) is 38.2 Å². The summed E-state index contributed by atoms with van der Waals surface area (Å²) in [5.74, 6) is 0.274. The minimum atomic E-state index is -0.0457. The number of nitrogens with one attached hydrogen (secondary N) is 2. The van der Waals surface area contributed by atoms with Crippen LogP contribution in [-0.2, 0) is 4.74 Å². The van der Waals surface area contributed by atoms with E-state index in [0.29, 0.717) is 24.6 Å². The molecule has 1 aromatic carbocycles. The van der Waals surface area contributed by atoms with Crippen LogP contribution in [0, 0.1) is 5.92 Å². The summed E-state index contributed by atoms with van der Waals surface area (Å²) in [7, 11) is 3.51. The molecule has 4 heteroatoms. The Balaban J connectivity index is 2.46. The average Bonchev–Trinajstić information content (AvgIpc) is 2.36. The maximum atomic E-state index is 11.8. The Kier molecular flexibility index (Phi) is 5.49. The lowest BCUT2D eigenvalue weighted by molar-refractivity contribution is 0.0934. The molecule has 94 valence electrons. The number of rotatable bonds is 6. The highest BCUT2D eigenvalue weighted by Gasteiger charge is 2.07. The van der Waals surface area contributed by atoms with Gasteiger partial charge in [0.25, 0.3) is 5.91 Å². The number of carbonyl (C=O) groups excluding carboxylic acids is 1. The Morgan fingerprint density at radius 2 is 2.00 bits per heavy atom. The summed E-state index contributed by atoms with van der Waals surface area (Å²) in [5, 5.41) is 5.89. The van der Waals surface area contributed by atoms with Crippen molar-refractivity contribution < 1.29 is 9.53 Å². The molecule has 1 unspecified atom stereocenters. The molecule has 1 atom stereocenters. The molecule has 0 aliphatic heterocycles. The number of anilines is 1. The second-order valence-electron chi connectivity index (χ2n) is 4.10. The van der Waals surface area contributed by atoms with Gasteiger partial charge in [0.05, 0.1) is 6.61 Å². The first-order valence-corrected chi connectivity index (χ1v) is 5.72. The third kappa shape index (κ3) is 4.44. The van der Waals surface area contributed by atoms with Crippen molar-refractivity contribution in [3.8, 4) is 0 Å². The van der Waals surface area contributed by atoms with E-state index < -0.39 is 0 Å². The predicted molar refractivity (Wildman–Crippen MR) is 69.4 cm³/mol. The zero-order valence-electron chi connectivity index (χ0n) is 10.6. The van der Waals surface area contributed by atoms with Crippen LogP contribution >= 0.6 is 0 Å². The molecule has 0 aromatic heterocycles. The summed E-state index contributed by atoms with van der Waals surface area (Å²) in [6, 6.07) is 7.38. The zero-order chi connectivity index (χ0) is 12.7. The van der Waals surface area contributed by atoms with Crippen molar-refractivity contribution in [3.63, 3.8) is 0 Å². The van der Waals surface area contributed by atoms with Gasteiger partial charge in [-0.1, -0.05) is 6.92 Å². The van der Waals surface area contributed by atoms with Crippen molar-refractivity contribution in [2.75, 3.05) is 32.6 Å². The normalized spacial score (nSPS) is 11.9. The van der Waals surface area contributed by atoms with E-state index in [1.54, 1.807) is 7.11 Å². The molecule has 1 amide bonds. The predicted octanol–water partition coefficient (Wildman–Crippen LogP) is 1.74. The topological polar surface area (TPSA) is 50.4 Å². The lowest BCUT2D eigenvalue weighted by Crippen LogP contribution is -2.29. The standard InChI is InChI=1S/C13H20N2O2/c1-10(9-17-3)8-15-13(16)11-4-6-12(14-2)7-5-11/h4-7,10,14H,8-9H2,1-3H3,(H,15,16). The lowest BCUT2D eigenvalue weighted by atomic mass is 10.1. The summed E-state index contributed by atoms with van der Waals surface area (Å²) >= 11 is 0. The van der Waals surface area contributed by atoms with Crippen molar-refractivity contribution >= 4 is 11.6 Å². The van der Waals surface area contributed by atoms with E-state index in [1.165, 1.54) is 0 Å². The highest BCUT2D eigenvalue weighted by molar-refractivity contribution is 5.94. The van der Waals surface area contributed by atoms with Crippen LogP contribution in [0.3, 0.4) is 0 Å². The van der Waals surface area contributed by atoms with Crippen LogP contribution in [0.4, 0.5) is 5.69 Å². The summed E-state index contributed by atoms with van der Waals surface area (Å²) in [4.78, 5) is 11.8. The number of methoxy groups -OCH3 is 1. The number of carbonyl (C=O) groups is 1. The molecule has 0 radical (unpaired) electrons. The molecule has 0 spiro atoms. The highest BCUT2D eigenvalue weighted by atomic mass is 16.5. The molecule has 0 aliphatic rings. The number of hydrogen-bond acceptors (Lipinski definition) is 3. The second-order valence-corrected chi connectivity index (χ2v) is 4.10. The summed E-state index contributed by atoms with van der Waals surface area (Å²) in [5.41, 5.74) is 1.67. The SMILES string of the molecule is CNc1ccc(C(=O)NCC(C)COC)cc1. The Morgan fingerprint density at radius 3 is 2.53 bits per heavy atom. The van der Waals surface area contributed by atoms with Gasteiger partial charge in [0, 0.05) is 32.0 Å². The van der Waals surface area contributed by atoms with Gasteiger partial charge in [-0.3, -0.25) is 4.79 Å². The largest absolute Gasteiger partial charge is 0.388 e.